The van der Waals surface area contributed by atoms with Crippen molar-refractivity contribution in [2.24, 2.45) is 0 Å². The van der Waals surface area contributed by atoms with Gasteiger partial charge in [0.2, 0.25) is 5.91 Å². The van der Waals surface area contributed by atoms with E-state index >= 15 is 0 Å². The van der Waals surface area contributed by atoms with E-state index in [0.717, 1.165) is 18.5 Å². The molecule has 0 aromatic heterocycles. The van der Waals surface area contributed by atoms with E-state index in [1.165, 1.54) is 0 Å². The lowest BCUT2D eigenvalue weighted by Gasteiger charge is -2.17. The van der Waals surface area contributed by atoms with Crippen molar-refractivity contribution < 1.29 is 4.79 Å². The Kier molecular flexibility index (Phi) is 5.51. The second-order valence-corrected chi connectivity index (χ2v) is 4.14. The smallest absolute Gasteiger partial charge is 0.226 e. The molecule has 0 spiro atoms. The average Bonchev–Trinajstić information content (AvgIpc) is 2.38. The molecule has 4 heteroatoms. The Morgan fingerprint density at radius 2 is 2.24 bits per heavy atom. The Morgan fingerprint density at radius 1 is 1.47 bits per heavy atom. The molecule has 0 aliphatic heterocycles. The summed E-state index contributed by atoms with van der Waals surface area (Å²) in [6.45, 7) is 0. The predicted molar refractivity (Wildman–Crippen MR) is 69.1 cm³/mol. The largest absolute Gasteiger partial charge is 0.315 e. The number of nitrogens with zero attached hydrogens (tertiary/aromatic N) is 2. The van der Waals surface area contributed by atoms with Crippen molar-refractivity contribution in [3.8, 4) is 6.07 Å². The first kappa shape index (κ1) is 13.5. The molecule has 0 saturated carbocycles. The molecule has 0 atom stereocenters. The number of anilines is 1. The minimum absolute atomic E-state index is 0.0465. The maximum absolute atomic E-state index is 11.8. The number of carbonyl (C=O) groups is 1. The number of halogens is 1. The van der Waals surface area contributed by atoms with Gasteiger partial charge in [-0.25, -0.2) is 0 Å². The van der Waals surface area contributed by atoms with Crippen molar-refractivity contribution in [2.45, 2.75) is 19.3 Å². The molecular formula is C13H15ClN2O. The van der Waals surface area contributed by atoms with Gasteiger partial charge in [-0.1, -0.05) is 6.07 Å². The molecule has 0 saturated heterocycles. The predicted octanol–water partition coefficient (Wildman–Crippen LogP) is 2.93. The summed E-state index contributed by atoms with van der Waals surface area (Å²) in [6, 6.07) is 9.08. The van der Waals surface area contributed by atoms with Gasteiger partial charge < -0.3 is 4.90 Å². The zero-order valence-corrected chi connectivity index (χ0v) is 10.6. The molecule has 0 radical (unpaired) electrons. The molecular weight excluding hydrogens is 236 g/mol. The van der Waals surface area contributed by atoms with Crippen molar-refractivity contribution in [1.29, 1.82) is 5.26 Å². The van der Waals surface area contributed by atoms with E-state index in [2.05, 4.69) is 6.07 Å². The normalized spacial score (nSPS) is 9.71. The highest BCUT2D eigenvalue weighted by Gasteiger charge is 2.10. The van der Waals surface area contributed by atoms with Crippen LogP contribution in [0.15, 0.2) is 24.3 Å². The summed E-state index contributed by atoms with van der Waals surface area (Å²) in [5.74, 6) is 0.631. The van der Waals surface area contributed by atoms with Gasteiger partial charge in [0, 0.05) is 25.0 Å². The SMILES string of the molecule is CN(C(=O)CCCCCl)c1cccc(C#N)c1. The summed E-state index contributed by atoms with van der Waals surface area (Å²) >= 11 is 5.56. The van der Waals surface area contributed by atoms with E-state index in [0.29, 0.717) is 17.9 Å². The third kappa shape index (κ3) is 4.08. The molecule has 0 unspecified atom stereocenters. The highest BCUT2D eigenvalue weighted by Crippen LogP contribution is 2.16. The fraction of sp³-hybridized carbons (Fsp3) is 0.385. The first-order valence-corrected chi connectivity index (χ1v) is 6.05. The molecule has 0 N–H and O–H groups in total. The summed E-state index contributed by atoms with van der Waals surface area (Å²) in [5.41, 5.74) is 1.31. The van der Waals surface area contributed by atoms with Crippen LogP contribution in [-0.2, 0) is 4.79 Å². The third-order valence-corrected chi connectivity index (χ3v) is 2.78. The number of unbranched alkanes of at least 4 members (excludes halogenated alkanes) is 1. The van der Waals surface area contributed by atoms with E-state index in [-0.39, 0.29) is 5.91 Å². The maximum atomic E-state index is 11.8. The van der Waals surface area contributed by atoms with Gasteiger partial charge in [0.05, 0.1) is 11.6 Å². The van der Waals surface area contributed by atoms with Gasteiger partial charge in [-0.15, -0.1) is 11.6 Å². The molecule has 0 aliphatic rings. The van der Waals surface area contributed by atoms with Crippen molar-refractivity contribution in [1.82, 2.24) is 0 Å². The van der Waals surface area contributed by atoms with Crippen molar-refractivity contribution in [2.75, 3.05) is 17.8 Å². The van der Waals surface area contributed by atoms with Gasteiger partial charge in [-0.2, -0.15) is 5.26 Å². The van der Waals surface area contributed by atoms with Crippen LogP contribution < -0.4 is 4.90 Å². The molecule has 1 amide bonds. The van der Waals surface area contributed by atoms with Crippen LogP contribution in [0.2, 0.25) is 0 Å². The van der Waals surface area contributed by atoms with Crippen LogP contribution >= 0.6 is 11.6 Å². The quantitative estimate of drug-likeness (QED) is 0.596. The van der Waals surface area contributed by atoms with Gasteiger partial charge in [-0.05, 0) is 31.0 Å². The van der Waals surface area contributed by atoms with E-state index in [9.17, 15) is 4.79 Å². The average molecular weight is 251 g/mol. The summed E-state index contributed by atoms with van der Waals surface area (Å²) in [5, 5.41) is 8.79. The lowest BCUT2D eigenvalue weighted by Crippen LogP contribution is -2.25. The summed E-state index contributed by atoms with van der Waals surface area (Å²) in [6.07, 6.45) is 2.13. The Morgan fingerprint density at radius 3 is 2.88 bits per heavy atom. The topological polar surface area (TPSA) is 44.1 Å². The monoisotopic (exact) mass is 250 g/mol. The molecule has 3 nitrogen and oxygen atoms in total. The molecule has 1 aromatic carbocycles. The number of nitriles is 1. The standard InChI is InChI=1S/C13H15ClN2O/c1-16(13(17)7-2-3-8-14)12-6-4-5-11(9-12)10-15/h4-6,9H,2-3,7-8H2,1H3. The van der Waals surface area contributed by atoms with Crippen LogP contribution in [0, 0.1) is 11.3 Å². The number of amides is 1. The maximum Gasteiger partial charge on any atom is 0.226 e. The van der Waals surface area contributed by atoms with Crippen molar-refractivity contribution >= 4 is 23.2 Å². The summed E-state index contributed by atoms with van der Waals surface area (Å²) in [7, 11) is 1.72. The Labute approximate surface area is 107 Å². The van der Waals surface area contributed by atoms with E-state index in [1.54, 1.807) is 30.1 Å². The van der Waals surface area contributed by atoms with Crippen LogP contribution in [0.4, 0.5) is 5.69 Å². The fourth-order valence-electron chi connectivity index (χ4n) is 1.47. The minimum atomic E-state index is 0.0465. The van der Waals surface area contributed by atoms with Gasteiger partial charge in [0.25, 0.3) is 0 Å². The lowest BCUT2D eigenvalue weighted by molar-refractivity contribution is -0.118. The van der Waals surface area contributed by atoms with Gasteiger partial charge >= 0.3 is 0 Å². The van der Waals surface area contributed by atoms with Crippen LogP contribution in [0.1, 0.15) is 24.8 Å². The number of hydrogen-bond donors (Lipinski definition) is 0. The first-order chi connectivity index (χ1) is 8.19. The van der Waals surface area contributed by atoms with Crippen LogP contribution in [-0.4, -0.2) is 18.8 Å². The van der Waals surface area contributed by atoms with Crippen molar-refractivity contribution in [3.63, 3.8) is 0 Å². The first-order valence-electron chi connectivity index (χ1n) is 5.51. The molecule has 1 rings (SSSR count). The molecule has 0 fully saturated rings. The summed E-state index contributed by atoms with van der Waals surface area (Å²) < 4.78 is 0. The van der Waals surface area contributed by atoms with E-state index in [1.807, 2.05) is 6.07 Å². The van der Waals surface area contributed by atoms with E-state index in [4.69, 9.17) is 16.9 Å². The number of alkyl halides is 1. The van der Waals surface area contributed by atoms with Crippen molar-refractivity contribution in [3.05, 3.63) is 29.8 Å². The Hall–Kier alpha value is -1.53. The molecule has 17 heavy (non-hydrogen) atoms. The highest BCUT2D eigenvalue weighted by molar-refractivity contribution is 6.17. The van der Waals surface area contributed by atoms with Crippen LogP contribution in [0.25, 0.3) is 0 Å². The molecule has 1 aromatic rings. The number of hydrogen-bond acceptors (Lipinski definition) is 2. The van der Waals surface area contributed by atoms with Crippen LogP contribution in [0.5, 0.6) is 0 Å². The van der Waals surface area contributed by atoms with Crippen LogP contribution in [0.3, 0.4) is 0 Å². The fourth-order valence-corrected chi connectivity index (χ4v) is 1.66. The molecule has 0 heterocycles. The molecule has 0 aliphatic carbocycles. The zero-order chi connectivity index (χ0) is 12.7. The van der Waals surface area contributed by atoms with Gasteiger partial charge in [0.15, 0.2) is 0 Å². The minimum Gasteiger partial charge on any atom is -0.315 e. The van der Waals surface area contributed by atoms with Gasteiger partial charge in [-0.3, -0.25) is 4.79 Å². The molecule has 90 valence electrons. The Balaban J connectivity index is 2.65. The highest BCUT2D eigenvalue weighted by atomic mass is 35.5. The molecule has 0 bridgehead atoms. The lowest BCUT2D eigenvalue weighted by atomic mass is 10.2. The number of carbonyl (C=O) groups excluding carboxylic acids is 1. The number of rotatable bonds is 5. The second kappa shape index (κ2) is 6.93. The zero-order valence-electron chi connectivity index (χ0n) is 9.82. The van der Waals surface area contributed by atoms with Gasteiger partial charge in [0.1, 0.15) is 0 Å². The third-order valence-electron chi connectivity index (χ3n) is 2.51. The van der Waals surface area contributed by atoms with E-state index < -0.39 is 0 Å². The second-order valence-electron chi connectivity index (χ2n) is 3.76. The Bertz CT molecular complexity index is 426. The number of benzene rings is 1. The summed E-state index contributed by atoms with van der Waals surface area (Å²) in [4.78, 5) is 13.4.